The SMILES string of the molecule is COc1ccc2[nH]c(CCCN=C=O)c(OC)c2c1OC. The molecule has 21 heavy (non-hydrogen) atoms. The number of hydrogen-bond acceptors (Lipinski definition) is 5. The van der Waals surface area contributed by atoms with Crippen LogP contribution < -0.4 is 14.2 Å². The van der Waals surface area contributed by atoms with Crippen molar-refractivity contribution in [2.24, 2.45) is 4.99 Å². The van der Waals surface area contributed by atoms with E-state index >= 15 is 0 Å². The molecule has 2 rings (SSSR count). The molecule has 112 valence electrons. The average molecular weight is 290 g/mol. The Bertz CT molecular complexity index is 672. The fraction of sp³-hybridized carbons (Fsp3) is 0.400. The molecule has 0 saturated heterocycles. The number of carbonyl (C=O) groups excluding carboxylic acids is 1. The van der Waals surface area contributed by atoms with Crippen LogP contribution in [-0.4, -0.2) is 38.9 Å². The normalized spacial score (nSPS) is 10.2. The van der Waals surface area contributed by atoms with Crippen molar-refractivity contribution in [3.05, 3.63) is 17.8 Å². The summed E-state index contributed by atoms with van der Waals surface area (Å²) in [4.78, 5) is 16.9. The van der Waals surface area contributed by atoms with Crippen molar-refractivity contribution >= 4 is 17.0 Å². The van der Waals surface area contributed by atoms with Crippen molar-refractivity contribution < 1.29 is 19.0 Å². The lowest BCUT2D eigenvalue weighted by Crippen LogP contribution is -1.94. The minimum Gasteiger partial charge on any atom is -0.494 e. The number of aryl methyl sites for hydroxylation is 1. The number of H-pyrrole nitrogens is 1. The van der Waals surface area contributed by atoms with Crippen LogP contribution in [-0.2, 0) is 11.2 Å². The minimum atomic E-state index is 0.447. The number of nitrogens with one attached hydrogen (secondary N) is 1. The summed E-state index contributed by atoms with van der Waals surface area (Å²) in [6.07, 6.45) is 2.99. The van der Waals surface area contributed by atoms with Gasteiger partial charge in [0.1, 0.15) is 0 Å². The van der Waals surface area contributed by atoms with Gasteiger partial charge in [0.25, 0.3) is 0 Å². The van der Waals surface area contributed by atoms with E-state index in [2.05, 4.69) is 9.98 Å². The van der Waals surface area contributed by atoms with Crippen LogP contribution in [0.4, 0.5) is 0 Å². The fourth-order valence-corrected chi connectivity index (χ4v) is 2.41. The van der Waals surface area contributed by atoms with E-state index in [9.17, 15) is 4.79 Å². The number of benzene rings is 1. The van der Waals surface area contributed by atoms with Gasteiger partial charge in [0.05, 0.1) is 44.5 Å². The van der Waals surface area contributed by atoms with Gasteiger partial charge in [-0.15, -0.1) is 0 Å². The van der Waals surface area contributed by atoms with Crippen molar-refractivity contribution in [2.45, 2.75) is 12.8 Å². The molecule has 0 unspecified atom stereocenters. The van der Waals surface area contributed by atoms with Gasteiger partial charge >= 0.3 is 0 Å². The molecule has 0 saturated carbocycles. The van der Waals surface area contributed by atoms with E-state index in [1.807, 2.05) is 12.1 Å². The number of rotatable bonds is 7. The number of fused-ring (bicyclic) bond motifs is 1. The van der Waals surface area contributed by atoms with Crippen molar-refractivity contribution in [1.82, 2.24) is 4.98 Å². The number of nitrogens with zero attached hydrogens (tertiary/aromatic N) is 1. The first-order valence-corrected chi connectivity index (χ1v) is 6.60. The molecule has 0 amide bonds. The predicted octanol–water partition coefficient (Wildman–Crippen LogP) is 2.46. The van der Waals surface area contributed by atoms with Gasteiger partial charge in [-0.2, -0.15) is 0 Å². The molecule has 0 fully saturated rings. The fourth-order valence-electron chi connectivity index (χ4n) is 2.41. The van der Waals surface area contributed by atoms with Crippen LogP contribution in [0.15, 0.2) is 17.1 Å². The number of isocyanates is 1. The van der Waals surface area contributed by atoms with E-state index in [-0.39, 0.29) is 0 Å². The lowest BCUT2D eigenvalue weighted by atomic mass is 10.1. The molecule has 2 aromatic rings. The summed E-state index contributed by atoms with van der Waals surface area (Å²) in [6.45, 7) is 0.447. The molecule has 1 N–H and O–H groups in total. The van der Waals surface area contributed by atoms with Gasteiger partial charge in [0.2, 0.25) is 6.08 Å². The largest absolute Gasteiger partial charge is 0.494 e. The van der Waals surface area contributed by atoms with Gasteiger partial charge < -0.3 is 19.2 Å². The standard InChI is InChI=1S/C15H18N2O4/c1-19-12-7-6-10-13(15(12)21-3)14(20-2)11(17-10)5-4-8-16-9-18/h6-7,17H,4-5,8H2,1-3H3. The third-order valence-corrected chi connectivity index (χ3v) is 3.30. The second kappa shape index (κ2) is 6.81. The summed E-state index contributed by atoms with van der Waals surface area (Å²) in [5.41, 5.74) is 1.86. The third kappa shape index (κ3) is 2.85. The van der Waals surface area contributed by atoms with E-state index in [1.165, 1.54) is 6.08 Å². The molecule has 0 bridgehead atoms. The van der Waals surface area contributed by atoms with Gasteiger partial charge in [0.15, 0.2) is 17.2 Å². The maximum absolute atomic E-state index is 10.1. The highest BCUT2D eigenvalue weighted by molar-refractivity contribution is 5.95. The predicted molar refractivity (Wildman–Crippen MR) is 79.3 cm³/mol. The molecule has 1 heterocycles. The van der Waals surface area contributed by atoms with Crippen LogP contribution in [0.5, 0.6) is 17.2 Å². The summed E-state index contributed by atoms with van der Waals surface area (Å²) in [7, 11) is 4.82. The Morgan fingerprint density at radius 2 is 1.90 bits per heavy atom. The third-order valence-electron chi connectivity index (χ3n) is 3.30. The van der Waals surface area contributed by atoms with E-state index in [1.54, 1.807) is 21.3 Å². The average Bonchev–Trinajstić information content (AvgIpc) is 2.87. The molecule has 0 aliphatic rings. The highest BCUT2D eigenvalue weighted by Crippen LogP contribution is 2.42. The highest BCUT2D eigenvalue weighted by Gasteiger charge is 2.19. The zero-order valence-corrected chi connectivity index (χ0v) is 12.4. The minimum absolute atomic E-state index is 0.447. The van der Waals surface area contributed by atoms with Crippen LogP contribution in [0.2, 0.25) is 0 Å². The molecule has 6 nitrogen and oxygen atoms in total. The first-order chi connectivity index (χ1) is 10.3. The van der Waals surface area contributed by atoms with Crippen molar-refractivity contribution in [3.63, 3.8) is 0 Å². The van der Waals surface area contributed by atoms with E-state index in [4.69, 9.17) is 14.2 Å². The molecular formula is C15H18N2O4. The zero-order valence-electron chi connectivity index (χ0n) is 12.4. The summed E-state index contributed by atoms with van der Waals surface area (Å²) in [5, 5.41) is 0.855. The monoisotopic (exact) mass is 290 g/mol. The number of aliphatic imine (C=N–C) groups is 1. The van der Waals surface area contributed by atoms with Crippen molar-refractivity contribution in [2.75, 3.05) is 27.9 Å². The first kappa shape index (κ1) is 14.9. The summed E-state index contributed by atoms with van der Waals surface area (Å²) >= 11 is 0. The summed E-state index contributed by atoms with van der Waals surface area (Å²) in [6, 6.07) is 3.77. The second-order valence-corrected chi connectivity index (χ2v) is 4.44. The van der Waals surface area contributed by atoms with E-state index in [0.717, 1.165) is 28.8 Å². The van der Waals surface area contributed by atoms with Crippen LogP contribution >= 0.6 is 0 Å². The van der Waals surface area contributed by atoms with Gasteiger partial charge in [-0.1, -0.05) is 0 Å². The Kier molecular flexibility index (Phi) is 4.85. The smallest absolute Gasteiger partial charge is 0.234 e. The number of ether oxygens (including phenoxy) is 3. The van der Waals surface area contributed by atoms with Gasteiger partial charge in [-0.3, -0.25) is 0 Å². The van der Waals surface area contributed by atoms with Crippen LogP contribution in [0.3, 0.4) is 0 Å². The molecular weight excluding hydrogens is 272 g/mol. The van der Waals surface area contributed by atoms with Crippen LogP contribution in [0.1, 0.15) is 12.1 Å². The molecule has 1 aromatic carbocycles. The number of methoxy groups -OCH3 is 3. The van der Waals surface area contributed by atoms with Gasteiger partial charge in [-0.25, -0.2) is 9.79 Å². The molecule has 0 spiro atoms. The van der Waals surface area contributed by atoms with Gasteiger partial charge in [0, 0.05) is 0 Å². The number of aromatic nitrogens is 1. The molecule has 0 aliphatic heterocycles. The summed E-state index contributed by atoms with van der Waals surface area (Å²) in [5.74, 6) is 2.02. The molecule has 0 radical (unpaired) electrons. The quantitative estimate of drug-likeness (QED) is 0.483. The number of aromatic amines is 1. The van der Waals surface area contributed by atoms with Gasteiger partial charge in [-0.05, 0) is 25.0 Å². The lowest BCUT2D eigenvalue weighted by molar-refractivity contribution is 0.356. The van der Waals surface area contributed by atoms with Crippen LogP contribution in [0, 0.1) is 0 Å². The van der Waals surface area contributed by atoms with Crippen molar-refractivity contribution in [1.29, 1.82) is 0 Å². The summed E-state index contributed by atoms with van der Waals surface area (Å²) < 4.78 is 16.3. The molecule has 1 aromatic heterocycles. The Morgan fingerprint density at radius 3 is 2.52 bits per heavy atom. The molecule has 6 heteroatoms. The lowest BCUT2D eigenvalue weighted by Gasteiger charge is -2.09. The van der Waals surface area contributed by atoms with Crippen molar-refractivity contribution in [3.8, 4) is 17.2 Å². The Balaban J connectivity index is 2.46. The first-order valence-electron chi connectivity index (χ1n) is 6.60. The maximum atomic E-state index is 10.1. The molecule has 0 aliphatic carbocycles. The Morgan fingerprint density at radius 1 is 1.14 bits per heavy atom. The van der Waals surface area contributed by atoms with Crippen LogP contribution in [0.25, 0.3) is 10.9 Å². The Labute approximate surface area is 122 Å². The Hall–Kier alpha value is -2.46. The van der Waals surface area contributed by atoms with E-state index in [0.29, 0.717) is 24.5 Å². The molecule has 0 atom stereocenters. The van der Waals surface area contributed by atoms with E-state index < -0.39 is 0 Å². The number of hydrogen-bond donors (Lipinski definition) is 1. The maximum Gasteiger partial charge on any atom is 0.234 e. The highest BCUT2D eigenvalue weighted by atomic mass is 16.5. The topological polar surface area (TPSA) is 72.9 Å². The second-order valence-electron chi connectivity index (χ2n) is 4.44. The zero-order chi connectivity index (χ0) is 15.2.